The number of hydrogen-bond donors (Lipinski definition) is 2. The Labute approximate surface area is 138 Å². The van der Waals surface area contributed by atoms with E-state index in [4.69, 9.17) is 0 Å². The van der Waals surface area contributed by atoms with E-state index in [9.17, 15) is 9.59 Å². The molecule has 1 unspecified atom stereocenters. The molecule has 1 aliphatic rings. The van der Waals surface area contributed by atoms with Gasteiger partial charge in [-0.25, -0.2) is 0 Å². The Hall–Kier alpha value is -2.34. The van der Waals surface area contributed by atoms with E-state index in [-0.39, 0.29) is 17.1 Å². The van der Waals surface area contributed by atoms with Crippen LogP contribution in [0.25, 0.3) is 0 Å². The monoisotopic (exact) mass is 327 g/mol. The standard InChI is InChI=1S/C17H17N3O2S/c1-11-16(21)20-14-10-12(5-6-15(14)23-11)17(22)19-9-7-13-4-2-3-8-18-13/h2-6,8,10-11H,7,9H2,1H3,(H,19,22)(H,20,21). The van der Waals surface area contributed by atoms with Gasteiger partial charge in [-0.2, -0.15) is 0 Å². The molecule has 0 spiro atoms. The Morgan fingerprint density at radius 2 is 2.22 bits per heavy atom. The van der Waals surface area contributed by atoms with Crippen molar-refractivity contribution in [3.8, 4) is 0 Å². The van der Waals surface area contributed by atoms with Gasteiger partial charge in [0.1, 0.15) is 0 Å². The molecule has 118 valence electrons. The highest BCUT2D eigenvalue weighted by atomic mass is 32.2. The zero-order chi connectivity index (χ0) is 16.2. The molecule has 5 nitrogen and oxygen atoms in total. The van der Waals surface area contributed by atoms with E-state index in [1.165, 1.54) is 11.8 Å². The van der Waals surface area contributed by atoms with E-state index >= 15 is 0 Å². The first-order valence-corrected chi connectivity index (χ1v) is 8.31. The minimum absolute atomic E-state index is 0.0322. The van der Waals surface area contributed by atoms with Crippen LogP contribution in [0.3, 0.4) is 0 Å². The lowest BCUT2D eigenvalue weighted by atomic mass is 10.1. The summed E-state index contributed by atoms with van der Waals surface area (Å²) in [5, 5.41) is 5.60. The van der Waals surface area contributed by atoms with Crippen molar-refractivity contribution in [3.05, 3.63) is 53.9 Å². The third-order valence-corrected chi connectivity index (χ3v) is 4.74. The second-order valence-corrected chi connectivity index (χ2v) is 6.67. The summed E-state index contributed by atoms with van der Waals surface area (Å²) in [6, 6.07) is 11.1. The summed E-state index contributed by atoms with van der Waals surface area (Å²) >= 11 is 1.50. The Morgan fingerprint density at radius 1 is 1.35 bits per heavy atom. The number of pyridine rings is 1. The van der Waals surface area contributed by atoms with Gasteiger partial charge in [0, 0.05) is 35.3 Å². The molecular formula is C17H17N3O2S. The van der Waals surface area contributed by atoms with E-state index in [0.29, 0.717) is 24.2 Å². The second-order valence-electron chi connectivity index (χ2n) is 5.29. The zero-order valence-corrected chi connectivity index (χ0v) is 13.5. The summed E-state index contributed by atoms with van der Waals surface area (Å²) in [5.41, 5.74) is 2.19. The molecule has 0 bridgehead atoms. The molecule has 1 aromatic heterocycles. The molecule has 0 saturated heterocycles. The zero-order valence-electron chi connectivity index (χ0n) is 12.7. The maximum Gasteiger partial charge on any atom is 0.251 e. The van der Waals surface area contributed by atoms with E-state index in [2.05, 4.69) is 15.6 Å². The number of anilines is 1. The number of benzene rings is 1. The average Bonchev–Trinajstić information content (AvgIpc) is 2.56. The molecule has 0 saturated carbocycles. The number of nitrogens with one attached hydrogen (secondary N) is 2. The molecule has 3 rings (SSSR count). The molecule has 1 aromatic carbocycles. The van der Waals surface area contributed by atoms with Crippen LogP contribution in [0, 0.1) is 0 Å². The minimum Gasteiger partial charge on any atom is -0.352 e. The van der Waals surface area contributed by atoms with Crippen molar-refractivity contribution < 1.29 is 9.59 Å². The maximum atomic E-state index is 12.2. The number of rotatable bonds is 4. The predicted octanol–water partition coefficient (Wildman–Crippen LogP) is 2.49. The van der Waals surface area contributed by atoms with Gasteiger partial charge in [0.2, 0.25) is 5.91 Å². The SMILES string of the molecule is CC1Sc2ccc(C(=O)NCCc3ccccn3)cc2NC1=O. The van der Waals surface area contributed by atoms with Gasteiger partial charge in [0.05, 0.1) is 10.9 Å². The van der Waals surface area contributed by atoms with Crippen LogP contribution >= 0.6 is 11.8 Å². The van der Waals surface area contributed by atoms with Crippen LogP contribution in [0.4, 0.5) is 5.69 Å². The fraction of sp³-hybridized carbons (Fsp3) is 0.235. The molecule has 2 amide bonds. The predicted molar refractivity (Wildman–Crippen MR) is 90.7 cm³/mol. The van der Waals surface area contributed by atoms with Crippen LogP contribution in [-0.4, -0.2) is 28.6 Å². The number of hydrogen-bond acceptors (Lipinski definition) is 4. The first-order valence-electron chi connectivity index (χ1n) is 7.43. The molecule has 1 aliphatic heterocycles. The van der Waals surface area contributed by atoms with Crippen molar-refractivity contribution in [3.63, 3.8) is 0 Å². The number of thioether (sulfide) groups is 1. The normalized spacial score (nSPS) is 16.4. The number of aromatic nitrogens is 1. The Morgan fingerprint density at radius 3 is 3.00 bits per heavy atom. The summed E-state index contributed by atoms with van der Waals surface area (Å²) in [5.74, 6) is -0.184. The maximum absolute atomic E-state index is 12.2. The number of amides is 2. The molecule has 0 aliphatic carbocycles. The summed E-state index contributed by atoms with van der Waals surface area (Å²) in [6.07, 6.45) is 2.42. The smallest absolute Gasteiger partial charge is 0.251 e. The van der Waals surface area contributed by atoms with Crippen molar-refractivity contribution in [2.24, 2.45) is 0 Å². The molecular weight excluding hydrogens is 310 g/mol. The molecule has 23 heavy (non-hydrogen) atoms. The first kappa shape index (κ1) is 15.6. The van der Waals surface area contributed by atoms with Crippen LogP contribution in [0.15, 0.2) is 47.5 Å². The highest BCUT2D eigenvalue weighted by Crippen LogP contribution is 2.35. The molecule has 2 N–H and O–H groups in total. The third kappa shape index (κ3) is 3.71. The third-order valence-electron chi connectivity index (χ3n) is 3.57. The number of fused-ring (bicyclic) bond motifs is 1. The second kappa shape index (κ2) is 6.83. The molecule has 2 heterocycles. The topological polar surface area (TPSA) is 71.1 Å². The van der Waals surface area contributed by atoms with Gasteiger partial charge < -0.3 is 10.6 Å². The number of nitrogens with zero attached hydrogens (tertiary/aromatic N) is 1. The van der Waals surface area contributed by atoms with Crippen LogP contribution in [0.2, 0.25) is 0 Å². The fourth-order valence-corrected chi connectivity index (χ4v) is 3.23. The van der Waals surface area contributed by atoms with Crippen LogP contribution in [0.1, 0.15) is 23.0 Å². The van der Waals surface area contributed by atoms with Gasteiger partial charge in [0.25, 0.3) is 5.91 Å². The lowest BCUT2D eigenvalue weighted by Crippen LogP contribution is -2.28. The van der Waals surface area contributed by atoms with Crippen LogP contribution in [0.5, 0.6) is 0 Å². The Kier molecular flexibility index (Phi) is 4.62. The van der Waals surface area contributed by atoms with E-state index < -0.39 is 0 Å². The van der Waals surface area contributed by atoms with Crippen molar-refractivity contribution >= 4 is 29.3 Å². The minimum atomic E-state index is -0.151. The summed E-state index contributed by atoms with van der Waals surface area (Å²) in [7, 11) is 0. The van der Waals surface area contributed by atoms with Gasteiger partial charge in [-0.05, 0) is 37.3 Å². The number of carbonyl (C=O) groups is 2. The summed E-state index contributed by atoms with van der Waals surface area (Å²) in [6.45, 7) is 2.38. The summed E-state index contributed by atoms with van der Waals surface area (Å²) in [4.78, 5) is 29.2. The summed E-state index contributed by atoms with van der Waals surface area (Å²) < 4.78 is 0. The van der Waals surface area contributed by atoms with Gasteiger partial charge in [-0.3, -0.25) is 14.6 Å². The average molecular weight is 327 g/mol. The van der Waals surface area contributed by atoms with Gasteiger partial charge in [-0.15, -0.1) is 11.8 Å². The van der Waals surface area contributed by atoms with Crippen LogP contribution in [-0.2, 0) is 11.2 Å². The Bertz CT molecular complexity index is 734. The Balaban J connectivity index is 1.62. The molecule has 6 heteroatoms. The van der Waals surface area contributed by atoms with Gasteiger partial charge in [0.15, 0.2) is 0 Å². The first-order chi connectivity index (χ1) is 11.1. The molecule has 0 radical (unpaired) electrons. The van der Waals surface area contributed by atoms with Crippen molar-refractivity contribution in [2.75, 3.05) is 11.9 Å². The van der Waals surface area contributed by atoms with Crippen molar-refractivity contribution in [2.45, 2.75) is 23.5 Å². The quantitative estimate of drug-likeness (QED) is 0.905. The van der Waals surface area contributed by atoms with Crippen molar-refractivity contribution in [1.82, 2.24) is 10.3 Å². The van der Waals surface area contributed by atoms with Crippen LogP contribution < -0.4 is 10.6 Å². The lowest BCUT2D eigenvalue weighted by Gasteiger charge is -2.21. The van der Waals surface area contributed by atoms with Gasteiger partial charge in [-0.1, -0.05) is 6.07 Å². The number of carbonyl (C=O) groups excluding carboxylic acids is 2. The molecule has 0 fully saturated rings. The largest absolute Gasteiger partial charge is 0.352 e. The fourth-order valence-electron chi connectivity index (χ4n) is 2.30. The van der Waals surface area contributed by atoms with Crippen molar-refractivity contribution in [1.29, 1.82) is 0 Å². The molecule has 1 atom stereocenters. The van der Waals surface area contributed by atoms with Gasteiger partial charge >= 0.3 is 0 Å². The highest BCUT2D eigenvalue weighted by molar-refractivity contribution is 8.00. The van der Waals surface area contributed by atoms with E-state index in [1.54, 1.807) is 18.3 Å². The van der Waals surface area contributed by atoms with E-state index in [0.717, 1.165) is 10.6 Å². The molecule has 2 aromatic rings. The highest BCUT2D eigenvalue weighted by Gasteiger charge is 2.23. The lowest BCUT2D eigenvalue weighted by molar-refractivity contribution is -0.115. The van der Waals surface area contributed by atoms with E-state index in [1.807, 2.05) is 31.2 Å².